The summed E-state index contributed by atoms with van der Waals surface area (Å²) in [6.45, 7) is 3.86. The third-order valence-corrected chi connectivity index (χ3v) is 3.16. The van der Waals surface area contributed by atoms with Crippen molar-refractivity contribution >= 4 is 5.97 Å². The Hall–Kier alpha value is -1.52. The van der Waals surface area contributed by atoms with Gasteiger partial charge >= 0.3 is 5.97 Å². The summed E-state index contributed by atoms with van der Waals surface area (Å²) in [5.74, 6) is -1.21. The molecule has 0 radical (unpaired) electrons. The molecule has 1 aromatic rings. The van der Waals surface area contributed by atoms with Crippen LogP contribution in [0.3, 0.4) is 0 Å². The van der Waals surface area contributed by atoms with E-state index in [1.807, 2.05) is 13.8 Å². The quantitative estimate of drug-likeness (QED) is 0.785. The van der Waals surface area contributed by atoms with E-state index in [-0.39, 0.29) is 11.6 Å². The monoisotopic (exact) mass is 224 g/mol. The molecule has 2 rings (SSSR count). The molecule has 1 atom stereocenters. The number of carboxylic acid groups (broad SMARTS) is 1. The number of carbonyl (C=O) groups is 1. The van der Waals surface area contributed by atoms with E-state index in [1.165, 1.54) is 0 Å². The van der Waals surface area contributed by atoms with E-state index in [9.17, 15) is 9.59 Å². The van der Waals surface area contributed by atoms with Crippen LogP contribution in [-0.4, -0.2) is 20.9 Å². The molecule has 0 saturated carbocycles. The lowest BCUT2D eigenvalue weighted by Gasteiger charge is -2.16. The van der Waals surface area contributed by atoms with Crippen molar-refractivity contribution in [3.8, 4) is 0 Å². The number of aromatic nitrogens is 2. The largest absolute Gasteiger partial charge is 0.481 e. The zero-order chi connectivity index (χ0) is 11.9. The summed E-state index contributed by atoms with van der Waals surface area (Å²) in [5.41, 5.74) is 1.51. The van der Waals surface area contributed by atoms with Gasteiger partial charge in [-0.3, -0.25) is 19.4 Å². The molecule has 0 aromatic carbocycles. The normalized spacial score (nSPS) is 19.8. The summed E-state index contributed by atoms with van der Waals surface area (Å²) in [6, 6.07) is 0.0846. The maximum atomic E-state index is 12.0. The van der Waals surface area contributed by atoms with Gasteiger partial charge in [-0.15, -0.1) is 0 Å². The number of rotatable bonds is 2. The first-order valence-corrected chi connectivity index (χ1v) is 5.55. The Labute approximate surface area is 93.1 Å². The number of nitrogens with one attached hydrogen (secondary N) is 1. The molecule has 0 saturated heterocycles. The number of hydrogen-bond donors (Lipinski definition) is 2. The first-order valence-electron chi connectivity index (χ1n) is 5.55. The number of fused-ring (bicyclic) bond motifs is 1. The summed E-state index contributed by atoms with van der Waals surface area (Å²) < 4.78 is 1.58. The molecule has 5 heteroatoms. The lowest BCUT2D eigenvalue weighted by atomic mass is 9.88. The Kier molecular flexibility index (Phi) is 2.61. The van der Waals surface area contributed by atoms with Gasteiger partial charge in [0.1, 0.15) is 0 Å². The van der Waals surface area contributed by atoms with E-state index in [1.54, 1.807) is 4.68 Å². The fourth-order valence-corrected chi connectivity index (χ4v) is 2.20. The Morgan fingerprint density at radius 3 is 2.81 bits per heavy atom. The number of H-pyrrole nitrogens is 1. The average molecular weight is 224 g/mol. The molecule has 1 heterocycles. The fourth-order valence-electron chi connectivity index (χ4n) is 2.20. The van der Waals surface area contributed by atoms with Gasteiger partial charge in [0.25, 0.3) is 5.56 Å². The van der Waals surface area contributed by atoms with Crippen LogP contribution in [0.4, 0.5) is 0 Å². The second-order valence-electron chi connectivity index (χ2n) is 4.62. The molecule has 2 N–H and O–H groups in total. The summed E-state index contributed by atoms with van der Waals surface area (Å²) in [4.78, 5) is 22.9. The van der Waals surface area contributed by atoms with Gasteiger partial charge in [0.2, 0.25) is 0 Å². The smallest absolute Gasteiger partial charge is 0.306 e. The molecular weight excluding hydrogens is 208 g/mol. The highest BCUT2D eigenvalue weighted by molar-refractivity contribution is 5.70. The van der Waals surface area contributed by atoms with E-state index in [4.69, 9.17) is 5.11 Å². The van der Waals surface area contributed by atoms with Crippen molar-refractivity contribution in [2.24, 2.45) is 5.92 Å². The van der Waals surface area contributed by atoms with Crippen LogP contribution in [0.2, 0.25) is 0 Å². The Balaban J connectivity index is 2.39. The molecule has 1 unspecified atom stereocenters. The second-order valence-corrected chi connectivity index (χ2v) is 4.62. The lowest BCUT2D eigenvalue weighted by molar-refractivity contribution is -0.142. The standard InChI is InChI=1S/C11H16N2O3/c1-6(2)13-10(14)8-5-7(11(15)16)3-4-9(8)12-13/h6-7,12H,3-5H2,1-2H3,(H,15,16). The number of aliphatic carboxylic acids is 1. The highest BCUT2D eigenvalue weighted by atomic mass is 16.4. The van der Waals surface area contributed by atoms with E-state index in [2.05, 4.69) is 5.10 Å². The van der Waals surface area contributed by atoms with Crippen molar-refractivity contribution in [1.29, 1.82) is 0 Å². The van der Waals surface area contributed by atoms with Crippen LogP contribution < -0.4 is 5.56 Å². The van der Waals surface area contributed by atoms with Crippen LogP contribution >= 0.6 is 0 Å². The van der Waals surface area contributed by atoms with Gasteiger partial charge in [0.05, 0.1) is 5.92 Å². The van der Waals surface area contributed by atoms with E-state index < -0.39 is 11.9 Å². The van der Waals surface area contributed by atoms with E-state index in [0.29, 0.717) is 24.8 Å². The first-order chi connectivity index (χ1) is 7.50. The number of nitrogens with zero attached hydrogens (tertiary/aromatic N) is 1. The summed E-state index contributed by atoms with van der Waals surface area (Å²) in [5, 5.41) is 12.0. The van der Waals surface area contributed by atoms with Crippen LogP contribution in [0.5, 0.6) is 0 Å². The molecule has 5 nitrogen and oxygen atoms in total. The van der Waals surface area contributed by atoms with Gasteiger partial charge in [0.15, 0.2) is 0 Å². The third kappa shape index (κ3) is 1.66. The summed E-state index contributed by atoms with van der Waals surface area (Å²) in [6.07, 6.45) is 1.63. The topological polar surface area (TPSA) is 75.1 Å². The van der Waals surface area contributed by atoms with Gasteiger partial charge < -0.3 is 5.11 Å². The molecule has 0 amide bonds. The zero-order valence-electron chi connectivity index (χ0n) is 9.49. The first kappa shape index (κ1) is 11.0. The van der Waals surface area contributed by atoms with Crippen molar-refractivity contribution < 1.29 is 9.90 Å². The van der Waals surface area contributed by atoms with Crippen LogP contribution in [0.15, 0.2) is 4.79 Å². The summed E-state index contributed by atoms with van der Waals surface area (Å²) >= 11 is 0. The molecule has 1 aromatic heterocycles. The van der Waals surface area contributed by atoms with Crippen molar-refractivity contribution in [2.75, 3.05) is 0 Å². The third-order valence-electron chi connectivity index (χ3n) is 3.16. The maximum Gasteiger partial charge on any atom is 0.306 e. The summed E-state index contributed by atoms with van der Waals surface area (Å²) in [7, 11) is 0. The minimum absolute atomic E-state index is 0.0593. The Morgan fingerprint density at radius 1 is 1.56 bits per heavy atom. The molecule has 0 fully saturated rings. The van der Waals surface area contributed by atoms with Crippen molar-refractivity contribution in [2.45, 2.75) is 39.2 Å². The van der Waals surface area contributed by atoms with Gasteiger partial charge in [-0.25, -0.2) is 0 Å². The van der Waals surface area contributed by atoms with Crippen LogP contribution in [0, 0.1) is 5.92 Å². The van der Waals surface area contributed by atoms with Crippen molar-refractivity contribution in [3.63, 3.8) is 0 Å². The highest BCUT2D eigenvalue weighted by Gasteiger charge is 2.28. The van der Waals surface area contributed by atoms with Crippen LogP contribution in [0.1, 0.15) is 37.6 Å². The molecule has 1 aliphatic rings. The lowest BCUT2D eigenvalue weighted by Crippen LogP contribution is -2.26. The van der Waals surface area contributed by atoms with Gasteiger partial charge in [-0.1, -0.05) is 0 Å². The number of carboxylic acids is 1. The van der Waals surface area contributed by atoms with Gasteiger partial charge in [-0.2, -0.15) is 0 Å². The molecule has 0 aliphatic heterocycles. The zero-order valence-corrected chi connectivity index (χ0v) is 9.49. The molecule has 88 valence electrons. The number of aryl methyl sites for hydroxylation is 1. The van der Waals surface area contributed by atoms with Crippen LogP contribution in [-0.2, 0) is 17.6 Å². The predicted molar refractivity (Wildman–Crippen MR) is 58.6 cm³/mol. The van der Waals surface area contributed by atoms with Gasteiger partial charge in [0, 0.05) is 17.3 Å². The molecule has 1 aliphatic carbocycles. The Bertz CT molecular complexity index is 470. The average Bonchev–Trinajstić information content (AvgIpc) is 2.56. The molecule has 0 spiro atoms. The van der Waals surface area contributed by atoms with E-state index in [0.717, 1.165) is 5.69 Å². The number of aromatic amines is 1. The second kappa shape index (κ2) is 3.81. The van der Waals surface area contributed by atoms with Crippen molar-refractivity contribution in [3.05, 3.63) is 21.6 Å². The Morgan fingerprint density at radius 2 is 2.25 bits per heavy atom. The van der Waals surface area contributed by atoms with E-state index >= 15 is 0 Å². The predicted octanol–water partition coefficient (Wildman–Crippen LogP) is 0.947. The number of hydrogen-bond acceptors (Lipinski definition) is 2. The van der Waals surface area contributed by atoms with Crippen LogP contribution in [0.25, 0.3) is 0 Å². The fraction of sp³-hybridized carbons (Fsp3) is 0.636. The SMILES string of the molecule is CC(C)n1[nH]c2c(c1=O)CC(C(=O)O)CC2. The maximum absolute atomic E-state index is 12.0. The highest BCUT2D eigenvalue weighted by Crippen LogP contribution is 2.22. The molecule has 16 heavy (non-hydrogen) atoms. The van der Waals surface area contributed by atoms with Crippen molar-refractivity contribution in [1.82, 2.24) is 9.78 Å². The van der Waals surface area contributed by atoms with Gasteiger partial charge in [-0.05, 0) is 33.1 Å². The molecular formula is C11H16N2O3. The minimum atomic E-state index is -0.803. The minimum Gasteiger partial charge on any atom is -0.481 e. The molecule has 0 bridgehead atoms.